The molecule has 3 aromatic rings. The number of benzene rings is 2. The van der Waals surface area contributed by atoms with Crippen LogP contribution < -0.4 is 4.74 Å². The van der Waals surface area contributed by atoms with Crippen LogP contribution in [0.2, 0.25) is 0 Å². The molecule has 0 aliphatic rings. The predicted octanol–water partition coefficient (Wildman–Crippen LogP) is 3.94. The summed E-state index contributed by atoms with van der Waals surface area (Å²) in [6.45, 7) is 4.33. The first kappa shape index (κ1) is 14.9. The highest BCUT2D eigenvalue weighted by Crippen LogP contribution is 2.21. The first-order valence-corrected chi connectivity index (χ1v) is 7.42. The van der Waals surface area contributed by atoms with Crippen LogP contribution in [-0.4, -0.2) is 9.78 Å². The topological polar surface area (TPSA) is 50.8 Å². The van der Waals surface area contributed by atoms with Crippen LogP contribution in [0.15, 0.2) is 54.6 Å². The van der Waals surface area contributed by atoms with Crippen LogP contribution in [0, 0.1) is 25.2 Å². The maximum absolute atomic E-state index is 8.92. The van der Waals surface area contributed by atoms with E-state index in [4.69, 9.17) is 10.00 Å². The van der Waals surface area contributed by atoms with E-state index in [-0.39, 0.29) is 0 Å². The van der Waals surface area contributed by atoms with Crippen LogP contribution in [0.1, 0.15) is 22.5 Å². The molecule has 0 atom stereocenters. The summed E-state index contributed by atoms with van der Waals surface area (Å²) in [5.41, 5.74) is 4.53. The molecule has 0 amide bonds. The molecule has 0 radical (unpaired) electrons. The molecule has 1 aromatic heterocycles. The van der Waals surface area contributed by atoms with Crippen LogP contribution in [0.3, 0.4) is 0 Å². The molecular formula is C19H17N3O. The molecule has 3 rings (SSSR count). The molecule has 0 saturated carbocycles. The molecule has 0 aliphatic heterocycles. The van der Waals surface area contributed by atoms with Gasteiger partial charge in [0.15, 0.2) is 0 Å². The zero-order valence-electron chi connectivity index (χ0n) is 13.2. The predicted molar refractivity (Wildman–Crippen MR) is 88.5 cm³/mol. The molecule has 0 N–H and O–H groups in total. The Kier molecular flexibility index (Phi) is 4.11. The van der Waals surface area contributed by atoms with E-state index >= 15 is 0 Å². The summed E-state index contributed by atoms with van der Waals surface area (Å²) in [7, 11) is 0. The van der Waals surface area contributed by atoms with Gasteiger partial charge in [0, 0.05) is 0 Å². The molecule has 23 heavy (non-hydrogen) atoms. The molecule has 0 saturated heterocycles. The molecule has 0 bridgehead atoms. The van der Waals surface area contributed by atoms with E-state index in [9.17, 15) is 0 Å². The minimum Gasteiger partial charge on any atom is -0.487 e. The second-order valence-corrected chi connectivity index (χ2v) is 5.41. The highest BCUT2D eigenvalue weighted by Gasteiger charge is 2.09. The van der Waals surface area contributed by atoms with Gasteiger partial charge in [0.25, 0.3) is 0 Å². The lowest BCUT2D eigenvalue weighted by atomic mass is 10.1. The number of nitrogens with zero attached hydrogens (tertiary/aromatic N) is 3. The van der Waals surface area contributed by atoms with Crippen LogP contribution >= 0.6 is 0 Å². The number of para-hydroxylation sites is 1. The van der Waals surface area contributed by atoms with E-state index in [1.165, 1.54) is 0 Å². The molecule has 4 heteroatoms. The monoisotopic (exact) mass is 303 g/mol. The second kappa shape index (κ2) is 6.37. The molecular weight excluding hydrogens is 286 g/mol. The van der Waals surface area contributed by atoms with Crippen molar-refractivity contribution in [2.45, 2.75) is 20.5 Å². The van der Waals surface area contributed by atoms with Crippen LogP contribution in [0.25, 0.3) is 5.69 Å². The summed E-state index contributed by atoms with van der Waals surface area (Å²) >= 11 is 0. The van der Waals surface area contributed by atoms with Crippen LogP contribution in [-0.2, 0) is 6.61 Å². The summed E-state index contributed by atoms with van der Waals surface area (Å²) in [5.74, 6) is 0.780. The number of hydrogen-bond acceptors (Lipinski definition) is 3. The third-order valence-electron chi connectivity index (χ3n) is 3.59. The normalized spacial score (nSPS) is 10.3. The number of aromatic nitrogens is 2. The van der Waals surface area contributed by atoms with Gasteiger partial charge >= 0.3 is 0 Å². The first-order chi connectivity index (χ1) is 11.2. The van der Waals surface area contributed by atoms with Gasteiger partial charge in [-0.15, -0.1) is 0 Å². The lowest BCUT2D eigenvalue weighted by molar-refractivity contribution is 0.295. The molecule has 0 fully saturated rings. The van der Waals surface area contributed by atoms with E-state index < -0.39 is 0 Å². The lowest BCUT2D eigenvalue weighted by Crippen LogP contribution is -2.06. The van der Waals surface area contributed by atoms with E-state index in [2.05, 4.69) is 11.2 Å². The van der Waals surface area contributed by atoms with Crippen molar-refractivity contribution in [1.82, 2.24) is 9.78 Å². The van der Waals surface area contributed by atoms with Crippen LogP contribution in [0.5, 0.6) is 5.75 Å². The Morgan fingerprint density at radius 1 is 1.09 bits per heavy atom. The average Bonchev–Trinajstić information content (AvgIpc) is 2.95. The third kappa shape index (κ3) is 3.24. The first-order valence-electron chi connectivity index (χ1n) is 7.42. The lowest BCUT2D eigenvalue weighted by Gasteiger charge is -2.11. The van der Waals surface area contributed by atoms with Crippen molar-refractivity contribution >= 4 is 0 Å². The van der Waals surface area contributed by atoms with Crippen molar-refractivity contribution in [2.24, 2.45) is 0 Å². The maximum atomic E-state index is 8.92. The molecule has 114 valence electrons. The number of ether oxygens (including phenoxy) is 1. The van der Waals surface area contributed by atoms with E-state index in [0.29, 0.717) is 12.2 Å². The highest BCUT2D eigenvalue weighted by molar-refractivity contribution is 5.41. The summed E-state index contributed by atoms with van der Waals surface area (Å²) in [6, 6.07) is 19.6. The Morgan fingerprint density at radius 3 is 2.57 bits per heavy atom. The van der Waals surface area contributed by atoms with Gasteiger partial charge < -0.3 is 4.74 Å². The fourth-order valence-corrected chi connectivity index (χ4v) is 2.48. The van der Waals surface area contributed by atoms with Gasteiger partial charge in [0.05, 0.1) is 28.7 Å². The molecule has 0 unspecified atom stereocenters. The minimum atomic E-state index is 0.419. The molecule has 4 nitrogen and oxygen atoms in total. The van der Waals surface area contributed by atoms with Gasteiger partial charge in [0.1, 0.15) is 12.4 Å². The number of nitriles is 1. The quantitative estimate of drug-likeness (QED) is 0.733. The third-order valence-corrected chi connectivity index (χ3v) is 3.59. The van der Waals surface area contributed by atoms with E-state index in [1.807, 2.05) is 67.1 Å². The number of hydrogen-bond donors (Lipinski definition) is 0. The van der Waals surface area contributed by atoms with Crippen molar-refractivity contribution in [3.8, 4) is 17.5 Å². The van der Waals surface area contributed by atoms with Crippen molar-refractivity contribution in [3.63, 3.8) is 0 Å². The smallest absolute Gasteiger partial charge is 0.130 e. The fraction of sp³-hybridized carbons (Fsp3) is 0.158. The second-order valence-electron chi connectivity index (χ2n) is 5.41. The zero-order valence-corrected chi connectivity index (χ0v) is 13.2. The Bertz CT molecular complexity index is 860. The average molecular weight is 303 g/mol. The molecule has 0 aliphatic carbocycles. The van der Waals surface area contributed by atoms with Crippen LogP contribution in [0.4, 0.5) is 0 Å². The van der Waals surface area contributed by atoms with Crippen molar-refractivity contribution in [3.05, 3.63) is 77.1 Å². The Labute approximate surface area is 135 Å². The van der Waals surface area contributed by atoms with E-state index in [1.54, 1.807) is 6.07 Å². The zero-order chi connectivity index (χ0) is 16.2. The Balaban J connectivity index is 1.83. The van der Waals surface area contributed by atoms with Crippen molar-refractivity contribution in [1.29, 1.82) is 5.26 Å². The molecule has 2 aromatic carbocycles. The minimum absolute atomic E-state index is 0.419. The molecule has 1 heterocycles. The Hall–Kier alpha value is -3.06. The van der Waals surface area contributed by atoms with Gasteiger partial charge in [-0.25, -0.2) is 4.68 Å². The van der Waals surface area contributed by atoms with Gasteiger partial charge in [0.2, 0.25) is 0 Å². The van der Waals surface area contributed by atoms with Gasteiger partial charge in [-0.05, 0) is 55.8 Å². The highest BCUT2D eigenvalue weighted by atomic mass is 16.5. The summed E-state index contributed by atoms with van der Waals surface area (Å²) in [6.07, 6.45) is 0. The molecule has 0 spiro atoms. The van der Waals surface area contributed by atoms with Gasteiger partial charge in [-0.3, -0.25) is 0 Å². The summed E-state index contributed by atoms with van der Waals surface area (Å²) < 4.78 is 7.82. The standard InChI is InChI=1S/C19H17N3O/c1-14-10-16(12-20)8-9-19(14)23-13-18-11-15(2)21-22(18)17-6-4-3-5-7-17/h3-11H,13H2,1-2H3. The number of rotatable bonds is 4. The van der Waals surface area contributed by atoms with Crippen molar-refractivity contribution < 1.29 is 4.74 Å². The van der Waals surface area contributed by atoms with Crippen molar-refractivity contribution in [2.75, 3.05) is 0 Å². The SMILES string of the molecule is Cc1cc(COc2ccc(C#N)cc2C)n(-c2ccccc2)n1. The maximum Gasteiger partial charge on any atom is 0.130 e. The van der Waals surface area contributed by atoms with Gasteiger partial charge in [-0.1, -0.05) is 18.2 Å². The van der Waals surface area contributed by atoms with Gasteiger partial charge in [-0.2, -0.15) is 10.4 Å². The fourth-order valence-electron chi connectivity index (χ4n) is 2.48. The largest absolute Gasteiger partial charge is 0.487 e. The summed E-state index contributed by atoms with van der Waals surface area (Å²) in [5, 5.41) is 13.5. The summed E-state index contributed by atoms with van der Waals surface area (Å²) in [4.78, 5) is 0. The van der Waals surface area contributed by atoms with E-state index in [0.717, 1.165) is 28.4 Å². The number of aryl methyl sites for hydroxylation is 2. The Morgan fingerprint density at radius 2 is 1.87 bits per heavy atom.